The van der Waals surface area contributed by atoms with Crippen LogP contribution >= 0.6 is 0 Å². The number of hydrogen-bond donors (Lipinski definition) is 1. The van der Waals surface area contributed by atoms with Gasteiger partial charge in [-0.05, 0) is 30.7 Å². The van der Waals surface area contributed by atoms with Gasteiger partial charge in [-0.3, -0.25) is 4.79 Å². The number of benzene rings is 1. The summed E-state index contributed by atoms with van der Waals surface area (Å²) in [4.78, 5) is 22.2. The molecule has 0 unspecified atom stereocenters. The Kier molecular flexibility index (Phi) is 5.57. The van der Waals surface area contributed by atoms with Gasteiger partial charge >= 0.3 is 0 Å². The maximum atomic E-state index is 12.3. The van der Waals surface area contributed by atoms with E-state index in [1.54, 1.807) is 0 Å². The van der Waals surface area contributed by atoms with Gasteiger partial charge in [0, 0.05) is 13.1 Å². The third-order valence-electron chi connectivity index (χ3n) is 4.52. The second-order valence-corrected chi connectivity index (χ2v) is 6.27. The third kappa shape index (κ3) is 4.77. The van der Waals surface area contributed by atoms with Crippen molar-refractivity contribution in [3.05, 3.63) is 54.0 Å². The van der Waals surface area contributed by atoms with Crippen molar-refractivity contribution in [3.63, 3.8) is 0 Å². The first kappa shape index (κ1) is 16.9. The molecule has 0 spiro atoms. The molecule has 0 aliphatic carbocycles. The second-order valence-electron chi connectivity index (χ2n) is 6.27. The fourth-order valence-electron chi connectivity index (χ4n) is 3.09. The molecule has 1 amide bonds. The SMILES string of the molecule is N#Cc1cnc(NCC(=O)N2CCC(Cc3ccccc3)CC2)cn1. The Balaban J connectivity index is 1.42. The third-order valence-corrected chi connectivity index (χ3v) is 4.52. The van der Waals surface area contributed by atoms with Crippen LogP contribution in [-0.2, 0) is 11.2 Å². The van der Waals surface area contributed by atoms with Crippen LogP contribution in [0.15, 0.2) is 42.7 Å². The molecule has 0 atom stereocenters. The minimum atomic E-state index is 0.0734. The Bertz CT molecular complexity index is 731. The van der Waals surface area contributed by atoms with Crippen molar-refractivity contribution in [2.75, 3.05) is 25.0 Å². The summed E-state index contributed by atoms with van der Waals surface area (Å²) in [6, 6.07) is 12.4. The van der Waals surface area contributed by atoms with Crippen LogP contribution in [0.4, 0.5) is 5.82 Å². The smallest absolute Gasteiger partial charge is 0.241 e. The van der Waals surface area contributed by atoms with E-state index >= 15 is 0 Å². The van der Waals surface area contributed by atoms with E-state index in [0.717, 1.165) is 32.4 Å². The van der Waals surface area contributed by atoms with Crippen LogP contribution in [0.25, 0.3) is 0 Å². The summed E-state index contributed by atoms with van der Waals surface area (Å²) >= 11 is 0. The van der Waals surface area contributed by atoms with Gasteiger partial charge in [0.05, 0.1) is 18.9 Å². The quantitative estimate of drug-likeness (QED) is 0.906. The molecule has 1 aromatic carbocycles. The van der Waals surface area contributed by atoms with Crippen LogP contribution in [0.5, 0.6) is 0 Å². The van der Waals surface area contributed by atoms with Crippen LogP contribution in [0.3, 0.4) is 0 Å². The van der Waals surface area contributed by atoms with E-state index in [1.165, 1.54) is 18.0 Å². The molecule has 6 heteroatoms. The summed E-state index contributed by atoms with van der Waals surface area (Å²) in [6.45, 7) is 1.80. The lowest BCUT2D eigenvalue weighted by molar-refractivity contribution is -0.130. The molecular formula is C19H21N5O. The molecule has 6 nitrogen and oxygen atoms in total. The normalized spacial score (nSPS) is 14.8. The van der Waals surface area contributed by atoms with Gasteiger partial charge in [0.15, 0.2) is 5.69 Å². The highest BCUT2D eigenvalue weighted by molar-refractivity contribution is 5.80. The van der Waals surface area contributed by atoms with Crippen LogP contribution < -0.4 is 5.32 Å². The first-order valence-corrected chi connectivity index (χ1v) is 8.52. The van der Waals surface area contributed by atoms with Gasteiger partial charge in [-0.1, -0.05) is 30.3 Å². The number of nitrogens with one attached hydrogen (secondary N) is 1. The molecule has 1 aliphatic heterocycles. The predicted molar refractivity (Wildman–Crippen MR) is 94.7 cm³/mol. The largest absolute Gasteiger partial charge is 0.360 e. The average molecular weight is 335 g/mol. The van der Waals surface area contributed by atoms with E-state index in [1.807, 2.05) is 17.0 Å². The number of carbonyl (C=O) groups excluding carboxylic acids is 1. The molecule has 0 radical (unpaired) electrons. The van der Waals surface area contributed by atoms with Crippen LogP contribution in [0.2, 0.25) is 0 Å². The van der Waals surface area contributed by atoms with Gasteiger partial charge in [-0.2, -0.15) is 5.26 Å². The average Bonchev–Trinajstić information content (AvgIpc) is 2.68. The van der Waals surface area contributed by atoms with Crippen LogP contribution in [0, 0.1) is 17.2 Å². The number of likely N-dealkylation sites (tertiary alicyclic amines) is 1. The lowest BCUT2D eigenvalue weighted by Crippen LogP contribution is -2.41. The van der Waals surface area contributed by atoms with Crippen LogP contribution in [-0.4, -0.2) is 40.4 Å². The highest BCUT2D eigenvalue weighted by Crippen LogP contribution is 2.21. The van der Waals surface area contributed by atoms with Crippen molar-refractivity contribution < 1.29 is 4.79 Å². The van der Waals surface area contributed by atoms with E-state index in [0.29, 0.717) is 11.7 Å². The highest BCUT2D eigenvalue weighted by Gasteiger charge is 2.22. The molecule has 25 heavy (non-hydrogen) atoms. The second kappa shape index (κ2) is 8.25. The summed E-state index contributed by atoms with van der Waals surface area (Å²) in [5.74, 6) is 1.22. The molecule has 2 heterocycles. The van der Waals surface area contributed by atoms with E-state index in [4.69, 9.17) is 5.26 Å². The van der Waals surface area contributed by atoms with Crippen molar-refractivity contribution in [2.24, 2.45) is 5.92 Å². The molecule has 1 saturated heterocycles. The molecule has 1 fully saturated rings. The first-order chi connectivity index (χ1) is 12.2. The van der Waals surface area contributed by atoms with Crippen LogP contribution in [0.1, 0.15) is 24.1 Å². The number of aromatic nitrogens is 2. The number of amides is 1. The Morgan fingerprint density at radius 3 is 2.60 bits per heavy atom. The Hall–Kier alpha value is -2.94. The Morgan fingerprint density at radius 1 is 1.20 bits per heavy atom. The fourth-order valence-corrected chi connectivity index (χ4v) is 3.09. The van der Waals surface area contributed by atoms with Crippen molar-refractivity contribution in [2.45, 2.75) is 19.3 Å². The van der Waals surface area contributed by atoms with Gasteiger partial charge in [0.25, 0.3) is 0 Å². The summed E-state index contributed by atoms with van der Waals surface area (Å²) in [6.07, 6.45) is 6.02. The number of nitriles is 1. The summed E-state index contributed by atoms with van der Waals surface area (Å²) in [7, 11) is 0. The molecule has 0 saturated carbocycles. The number of piperidine rings is 1. The standard InChI is InChI=1S/C19H21N5O/c20-11-17-12-22-18(13-21-17)23-14-19(25)24-8-6-16(7-9-24)10-15-4-2-1-3-5-15/h1-5,12-13,16H,6-10,14H2,(H,22,23). The fraction of sp³-hybridized carbons (Fsp3) is 0.368. The topological polar surface area (TPSA) is 81.9 Å². The maximum absolute atomic E-state index is 12.3. The predicted octanol–water partition coefficient (Wildman–Crippen LogP) is 2.24. The minimum absolute atomic E-state index is 0.0734. The van der Waals surface area contributed by atoms with E-state index in [2.05, 4.69) is 39.6 Å². The zero-order valence-electron chi connectivity index (χ0n) is 14.1. The van der Waals surface area contributed by atoms with Gasteiger partial charge in [-0.25, -0.2) is 9.97 Å². The van der Waals surface area contributed by atoms with Gasteiger partial charge in [0.2, 0.25) is 5.91 Å². The lowest BCUT2D eigenvalue weighted by Gasteiger charge is -2.32. The number of carbonyl (C=O) groups is 1. The van der Waals surface area contributed by atoms with E-state index in [-0.39, 0.29) is 18.1 Å². The maximum Gasteiger partial charge on any atom is 0.241 e. The molecule has 128 valence electrons. The molecule has 2 aromatic rings. The molecule has 1 N–H and O–H groups in total. The Morgan fingerprint density at radius 2 is 1.96 bits per heavy atom. The van der Waals surface area contributed by atoms with Crippen molar-refractivity contribution in [3.8, 4) is 6.07 Å². The van der Waals surface area contributed by atoms with Crippen molar-refractivity contribution in [1.82, 2.24) is 14.9 Å². The zero-order valence-corrected chi connectivity index (χ0v) is 14.1. The first-order valence-electron chi connectivity index (χ1n) is 8.52. The lowest BCUT2D eigenvalue weighted by atomic mass is 9.90. The number of anilines is 1. The van der Waals surface area contributed by atoms with Crippen molar-refractivity contribution >= 4 is 11.7 Å². The summed E-state index contributed by atoms with van der Waals surface area (Å²) in [5.41, 5.74) is 1.63. The monoisotopic (exact) mass is 335 g/mol. The molecule has 1 aromatic heterocycles. The number of nitrogens with zero attached hydrogens (tertiary/aromatic N) is 4. The van der Waals surface area contributed by atoms with Gasteiger partial charge in [-0.15, -0.1) is 0 Å². The molecule has 1 aliphatic rings. The highest BCUT2D eigenvalue weighted by atomic mass is 16.2. The number of rotatable bonds is 5. The van der Waals surface area contributed by atoms with Gasteiger partial charge in [0.1, 0.15) is 11.9 Å². The molecule has 3 rings (SSSR count). The summed E-state index contributed by atoms with van der Waals surface area (Å²) in [5, 5.41) is 11.7. The minimum Gasteiger partial charge on any atom is -0.360 e. The summed E-state index contributed by atoms with van der Waals surface area (Å²) < 4.78 is 0. The van der Waals surface area contributed by atoms with Gasteiger partial charge < -0.3 is 10.2 Å². The molecular weight excluding hydrogens is 314 g/mol. The van der Waals surface area contributed by atoms with Crippen molar-refractivity contribution in [1.29, 1.82) is 5.26 Å². The Labute approximate surface area is 147 Å². The zero-order chi connectivity index (χ0) is 17.5. The number of hydrogen-bond acceptors (Lipinski definition) is 5. The van der Waals surface area contributed by atoms with E-state index < -0.39 is 0 Å². The molecule has 0 bridgehead atoms. The van der Waals surface area contributed by atoms with E-state index in [9.17, 15) is 4.79 Å².